The van der Waals surface area contributed by atoms with Gasteiger partial charge in [0.2, 0.25) is 0 Å². The third kappa shape index (κ3) is 66.9. The van der Waals surface area contributed by atoms with Gasteiger partial charge in [0.25, 0.3) is 0 Å². The largest absolute Gasteiger partial charge is 0.462 e. The fourth-order valence-corrected chi connectivity index (χ4v) is 9.82. The zero-order valence-electron chi connectivity index (χ0n) is 54.0. The van der Waals surface area contributed by atoms with Crippen LogP contribution in [0.25, 0.3) is 0 Å². The summed E-state index contributed by atoms with van der Waals surface area (Å²) in [4.78, 5) is 38.5. The Morgan fingerprint density at radius 2 is 0.488 bits per heavy atom. The van der Waals surface area contributed by atoms with Crippen LogP contribution in [0.4, 0.5) is 0 Å². The van der Waals surface area contributed by atoms with Crippen molar-refractivity contribution in [2.24, 2.45) is 0 Å². The molecular formula is C76H130O6. The van der Waals surface area contributed by atoms with E-state index in [1.807, 2.05) is 0 Å². The summed E-state index contributed by atoms with van der Waals surface area (Å²) in [5.41, 5.74) is 0. The van der Waals surface area contributed by atoms with Crippen LogP contribution in [0.2, 0.25) is 0 Å². The van der Waals surface area contributed by atoms with Gasteiger partial charge in [0.05, 0.1) is 0 Å². The van der Waals surface area contributed by atoms with Crippen molar-refractivity contribution in [3.8, 4) is 0 Å². The monoisotopic (exact) mass is 1140 g/mol. The van der Waals surface area contributed by atoms with Crippen LogP contribution in [0.15, 0.2) is 109 Å². The summed E-state index contributed by atoms with van der Waals surface area (Å²) in [5, 5.41) is 0. The first-order chi connectivity index (χ1) is 40.5. The summed E-state index contributed by atoms with van der Waals surface area (Å²) in [7, 11) is 0. The van der Waals surface area contributed by atoms with Gasteiger partial charge in [-0.3, -0.25) is 14.4 Å². The lowest BCUT2D eigenvalue weighted by molar-refractivity contribution is -0.167. The third-order valence-electron chi connectivity index (χ3n) is 15.0. The number of esters is 3. The average Bonchev–Trinajstić information content (AvgIpc) is 3.48. The quantitative estimate of drug-likeness (QED) is 0.0261. The highest BCUT2D eigenvalue weighted by molar-refractivity contribution is 5.71. The number of carbonyl (C=O) groups is 3. The molecule has 0 aromatic rings. The second-order valence-electron chi connectivity index (χ2n) is 23.1. The number of carbonyl (C=O) groups excluding carboxylic acids is 3. The van der Waals surface area contributed by atoms with Crippen molar-refractivity contribution in [1.29, 1.82) is 0 Å². The van der Waals surface area contributed by atoms with E-state index in [4.69, 9.17) is 14.2 Å². The SMILES string of the molecule is CC/C=C\C/C=C\C/C=C\C/C=C\C/C=C\C/C=C\C/C=C\CCCC(=O)OCC(COC(=O)CCCCCCCCCCC/C=C\C/C=C\CCCCC)OC(=O)CCCCCCCCCCCCCCCCCCCCCCCC. The minimum Gasteiger partial charge on any atom is -0.462 e. The molecule has 1 atom stereocenters. The molecule has 0 radical (unpaired) electrons. The lowest BCUT2D eigenvalue weighted by Gasteiger charge is -2.18. The number of allylic oxidation sites excluding steroid dienone is 18. The van der Waals surface area contributed by atoms with Crippen LogP contribution in [-0.4, -0.2) is 37.2 Å². The number of hydrogen-bond acceptors (Lipinski definition) is 6. The highest BCUT2D eigenvalue weighted by Crippen LogP contribution is 2.17. The summed E-state index contributed by atoms with van der Waals surface area (Å²) in [5.74, 6) is -0.947. The van der Waals surface area contributed by atoms with E-state index in [9.17, 15) is 14.4 Å². The van der Waals surface area contributed by atoms with Gasteiger partial charge in [-0.05, 0) is 103 Å². The number of ether oxygens (including phenoxy) is 3. The Hall–Kier alpha value is -3.93. The molecular weight excluding hydrogens is 1010 g/mol. The zero-order valence-corrected chi connectivity index (χ0v) is 54.0. The molecule has 0 aliphatic rings. The summed E-state index contributed by atoms with van der Waals surface area (Å²) in [6, 6.07) is 0. The van der Waals surface area contributed by atoms with Crippen molar-refractivity contribution in [2.45, 2.75) is 341 Å². The fraction of sp³-hybridized carbons (Fsp3) is 0.724. The van der Waals surface area contributed by atoms with E-state index < -0.39 is 6.10 Å². The molecule has 82 heavy (non-hydrogen) atoms. The molecule has 6 heteroatoms. The minimum absolute atomic E-state index is 0.0967. The molecule has 0 aromatic carbocycles. The Balaban J connectivity index is 4.46. The van der Waals surface area contributed by atoms with E-state index in [1.165, 1.54) is 193 Å². The van der Waals surface area contributed by atoms with Crippen LogP contribution in [0.3, 0.4) is 0 Å². The van der Waals surface area contributed by atoms with Gasteiger partial charge < -0.3 is 14.2 Å². The van der Waals surface area contributed by atoms with Crippen molar-refractivity contribution >= 4 is 17.9 Å². The molecule has 6 nitrogen and oxygen atoms in total. The highest BCUT2D eigenvalue weighted by Gasteiger charge is 2.19. The summed E-state index contributed by atoms with van der Waals surface area (Å²) in [6.45, 7) is 6.50. The lowest BCUT2D eigenvalue weighted by Crippen LogP contribution is -2.30. The van der Waals surface area contributed by atoms with Gasteiger partial charge in [-0.1, -0.05) is 323 Å². The zero-order chi connectivity index (χ0) is 59.2. The van der Waals surface area contributed by atoms with Crippen molar-refractivity contribution in [3.05, 3.63) is 109 Å². The standard InChI is InChI=1S/C76H130O6/c1-4-7-10-13-16-19-22-25-28-31-34-36-38-40-42-45-48-51-54-57-60-63-66-69-75(78)81-72-73(71-80-74(77)68-65-62-59-56-53-50-47-44-41-33-30-27-24-21-18-15-12-9-6-3)82-76(79)70-67-64-61-58-55-52-49-46-43-39-37-35-32-29-26-23-20-17-14-11-8-5-2/h7,10,16,18-19,21,25,27-28,30,34,36,40,42,48,51,57,60,73H,4-6,8-9,11-15,17,20,22-24,26,29,31-33,35,37-39,41,43-47,49-50,52-56,58-59,61-72H2,1-3H3/b10-7-,19-16-,21-18-,28-25-,30-27-,36-34-,42-40-,51-48-,60-57-. The number of rotatable bonds is 63. The van der Waals surface area contributed by atoms with Gasteiger partial charge in [-0.2, -0.15) is 0 Å². The molecule has 470 valence electrons. The molecule has 0 spiro atoms. The second-order valence-corrected chi connectivity index (χ2v) is 23.1. The van der Waals surface area contributed by atoms with Crippen LogP contribution in [-0.2, 0) is 28.6 Å². The smallest absolute Gasteiger partial charge is 0.306 e. The molecule has 0 aliphatic carbocycles. The van der Waals surface area contributed by atoms with E-state index in [0.29, 0.717) is 19.3 Å². The molecule has 0 heterocycles. The highest BCUT2D eigenvalue weighted by atomic mass is 16.6. The van der Waals surface area contributed by atoms with Gasteiger partial charge in [-0.25, -0.2) is 0 Å². The molecule has 1 unspecified atom stereocenters. The average molecular weight is 1140 g/mol. The molecule has 0 amide bonds. The fourth-order valence-electron chi connectivity index (χ4n) is 9.82. The molecule has 0 saturated carbocycles. The summed E-state index contributed by atoms with van der Waals surface area (Å²) < 4.78 is 16.9. The van der Waals surface area contributed by atoms with Crippen LogP contribution < -0.4 is 0 Å². The van der Waals surface area contributed by atoms with Crippen LogP contribution >= 0.6 is 0 Å². The van der Waals surface area contributed by atoms with Crippen LogP contribution in [0, 0.1) is 0 Å². The van der Waals surface area contributed by atoms with E-state index in [1.54, 1.807) is 0 Å². The molecule has 0 bridgehead atoms. The Morgan fingerprint density at radius 3 is 0.817 bits per heavy atom. The lowest BCUT2D eigenvalue weighted by atomic mass is 10.0. The van der Waals surface area contributed by atoms with Gasteiger partial charge in [0.15, 0.2) is 6.10 Å². The van der Waals surface area contributed by atoms with Crippen molar-refractivity contribution < 1.29 is 28.6 Å². The van der Waals surface area contributed by atoms with E-state index in [0.717, 1.165) is 96.3 Å². The molecule has 0 rings (SSSR count). The van der Waals surface area contributed by atoms with E-state index in [2.05, 4.69) is 130 Å². The first-order valence-electron chi connectivity index (χ1n) is 34.9. The Labute approximate surface area is 508 Å². The van der Waals surface area contributed by atoms with Crippen molar-refractivity contribution in [2.75, 3.05) is 13.2 Å². The number of hydrogen-bond donors (Lipinski definition) is 0. The predicted molar refractivity (Wildman–Crippen MR) is 357 cm³/mol. The van der Waals surface area contributed by atoms with Crippen molar-refractivity contribution in [1.82, 2.24) is 0 Å². The molecule has 0 saturated heterocycles. The Kier molecular flexibility index (Phi) is 66.2. The minimum atomic E-state index is -0.806. The molecule has 0 aliphatic heterocycles. The Bertz CT molecular complexity index is 1640. The third-order valence-corrected chi connectivity index (χ3v) is 15.0. The van der Waals surface area contributed by atoms with Gasteiger partial charge in [0.1, 0.15) is 13.2 Å². The normalized spacial score (nSPS) is 12.8. The molecule has 0 N–H and O–H groups in total. The Morgan fingerprint density at radius 1 is 0.256 bits per heavy atom. The van der Waals surface area contributed by atoms with Crippen LogP contribution in [0.5, 0.6) is 0 Å². The maximum absolute atomic E-state index is 13.0. The second kappa shape index (κ2) is 69.6. The maximum atomic E-state index is 13.0. The summed E-state index contributed by atoms with van der Waals surface area (Å²) >= 11 is 0. The van der Waals surface area contributed by atoms with Gasteiger partial charge >= 0.3 is 17.9 Å². The molecule has 0 fully saturated rings. The molecule has 0 aromatic heterocycles. The van der Waals surface area contributed by atoms with Gasteiger partial charge in [0, 0.05) is 19.3 Å². The first-order valence-corrected chi connectivity index (χ1v) is 34.9. The van der Waals surface area contributed by atoms with Gasteiger partial charge in [-0.15, -0.1) is 0 Å². The topological polar surface area (TPSA) is 78.9 Å². The predicted octanol–water partition coefficient (Wildman–Crippen LogP) is 24.2. The van der Waals surface area contributed by atoms with Crippen LogP contribution in [0.1, 0.15) is 335 Å². The first kappa shape index (κ1) is 78.1. The summed E-state index contributed by atoms with van der Waals surface area (Å²) in [6.07, 6.45) is 95.4. The maximum Gasteiger partial charge on any atom is 0.306 e. The van der Waals surface area contributed by atoms with E-state index >= 15 is 0 Å². The number of unbranched alkanes of at least 4 members (excludes halogenated alkanes) is 34. The van der Waals surface area contributed by atoms with E-state index in [-0.39, 0.29) is 37.5 Å². The van der Waals surface area contributed by atoms with Crippen molar-refractivity contribution in [3.63, 3.8) is 0 Å².